The first kappa shape index (κ1) is 22.8. The highest BCUT2D eigenvalue weighted by Crippen LogP contribution is 2.67. The summed E-state index contributed by atoms with van der Waals surface area (Å²) in [5.74, 6) is 3.54. The van der Waals surface area contributed by atoms with Crippen LogP contribution in [0.2, 0.25) is 0 Å². The molecule has 10 unspecified atom stereocenters. The van der Waals surface area contributed by atoms with Crippen LogP contribution in [0.4, 0.5) is 0 Å². The summed E-state index contributed by atoms with van der Waals surface area (Å²) in [5, 5.41) is 30.8. The molecule has 0 heterocycles. The maximum Gasteiger partial charge on any atom is 0.0757 e. The molecule has 4 aliphatic carbocycles. The summed E-state index contributed by atoms with van der Waals surface area (Å²) >= 11 is 0. The van der Waals surface area contributed by atoms with Gasteiger partial charge in [0.05, 0.1) is 12.2 Å². The Balaban J connectivity index is 1.50. The topological polar surface area (TPSA) is 60.7 Å². The zero-order chi connectivity index (χ0) is 21.7. The molecule has 0 amide bonds. The summed E-state index contributed by atoms with van der Waals surface area (Å²) in [6.07, 6.45) is 13.2. The van der Waals surface area contributed by atoms with Crippen molar-refractivity contribution >= 4 is 0 Å². The van der Waals surface area contributed by atoms with Gasteiger partial charge in [0.15, 0.2) is 0 Å². The molecule has 0 aromatic rings. The minimum atomic E-state index is -0.326. The van der Waals surface area contributed by atoms with Gasteiger partial charge in [-0.25, -0.2) is 0 Å². The standard InChI is InChI=1S/C27H46O3/c1-17(16-28)6-5-7-18(2)21-8-9-22-25-23(11-13-27(21,22)4)26(3)12-10-20(29)14-19(26)15-24(25)30/h15,17-18,20-25,28-30H,5-14,16H2,1-4H3. The van der Waals surface area contributed by atoms with Crippen LogP contribution in [-0.4, -0.2) is 34.1 Å². The third-order valence-electron chi connectivity index (χ3n) is 10.5. The molecule has 3 nitrogen and oxygen atoms in total. The molecule has 0 saturated heterocycles. The van der Waals surface area contributed by atoms with Crippen LogP contribution in [0.3, 0.4) is 0 Å². The van der Waals surface area contributed by atoms with Crippen molar-refractivity contribution in [3.05, 3.63) is 11.6 Å². The Labute approximate surface area is 184 Å². The molecule has 3 saturated carbocycles. The lowest BCUT2D eigenvalue weighted by Gasteiger charge is -2.59. The summed E-state index contributed by atoms with van der Waals surface area (Å²) in [5.41, 5.74) is 1.90. The van der Waals surface area contributed by atoms with Gasteiger partial charge in [-0.15, -0.1) is 0 Å². The van der Waals surface area contributed by atoms with Crippen molar-refractivity contribution in [3.8, 4) is 0 Å². The first-order chi connectivity index (χ1) is 14.2. The van der Waals surface area contributed by atoms with Gasteiger partial charge in [-0.2, -0.15) is 0 Å². The van der Waals surface area contributed by atoms with Gasteiger partial charge in [0.2, 0.25) is 0 Å². The third kappa shape index (κ3) is 3.71. The Bertz CT molecular complexity index is 644. The Hall–Kier alpha value is -0.380. The molecule has 30 heavy (non-hydrogen) atoms. The van der Waals surface area contributed by atoms with E-state index in [1.807, 2.05) is 0 Å². The largest absolute Gasteiger partial charge is 0.396 e. The van der Waals surface area contributed by atoms with Crippen LogP contribution >= 0.6 is 0 Å². The first-order valence-electron chi connectivity index (χ1n) is 12.9. The molecule has 3 N–H and O–H groups in total. The van der Waals surface area contributed by atoms with Crippen LogP contribution in [0.25, 0.3) is 0 Å². The van der Waals surface area contributed by atoms with Gasteiger partial charge < -0.3 is 15.3 Å². The van der Waals surface area contributed by atoms with Crippen molar-refractivity contribution in [3.63, 3.8) is 0 Å². The van der Waals surface area contributed by atoms with Crippen LogP contribution in [0.15, 0.2) is 11.6 Å². The smallest absolute Gasteiger partial charge is 0.0757 e. The van der Waals surface area contributed by atoms with E-state index in [9.17, 15) is 15.3 Å². The van der Waals surface area contributed by atoms with Crippen molar-refractivity contribution in [1.82, 2.24) is 0 Å². The summed E-state index contributed by atoms with van der Waals surface area (Å²) in [6, 6.07) is 0. The van der Waals surface area contributed by atoms with Crippen molar-refractivity contribution in [2.24, 2.45) is 46.3 Å². The molecule has 0 spiro atoms. The zero-order valence-corrected chi connectivity index (χ0v) is 19.8. The fraction of sp³-hybridized carbons (Fsp3) is 0.926. The van der Waals surface area contributed by atoms with Crippen LogP contribution in [0.1, 0.15) is 91.9 Å². The minimum Gasteiger partial charge on any atom is -0.396 e. The third-order valence-corrected chi connectivity index (χ3v) is 10.5. The van der Waals surface area contributed by atoms with Gasteiger partial charge in [0.1, 0.15) is 0 Å². The van der Waals surface area contributed by atoms with Gasteiger partial charge in [-0.3, -0.25) is 0 Å². The first-order valence-corrected chi connectivity index (χ1v) is 12.9. The summed E-state index contributed by atoms with van der Waals surface area (Å²) in [6.45, 7) is 9.92. The fourth-order valence-corrected chi connectivity index (χ4v) is 8.69. The molecule has 4 rings (SSSR count). The molecule has 0 aromatic carbocycles. The van der Waals surface area contributed by atoms with E-state index in [0.717, 1.165) is 37.5 Å². The second-order valence-corrected chi connectivity index (χ2v) is 12.2. The average Bonchev–Trinajstić information content (AvgIpc) is 3.06. The zero-order valence-electron chi connectivity index (χ0n) is 19.8. The van der Waals surface area contributed by atoms with E-state index in [0.29, 0.717) is 35.7 Å². The van der Waals surface area contributed by atoms with E-state index in [4.69, 9.17) is 0 Å². The molecule has 4 aliphatic rings. The van der Waals surface area contributed by atoms with Gasteiger partial charge in [-0.1, -0.05) is 52.2 Å². The predicted octanol–water partition coefficient (Wildman–Crippen LogP) is 5.33. The molecule has 3 heteroatoms. The molecule has 0 bridgehead atoms. The van der Waals surface area contributed by atoms with E-state index in [2.05, 4.69) is 33.8 Å². The Kier molecular flexibility index (Phi) is 6.48. The molecule has 172 valence electrons. The number of aliphatic hydroxyl groups excluding tert-OH is 3. The predicted molar refractivity (Wildman–Crippen MR) is 122 cm³/mol. The highest BCUT2D eigenvalue weighted by atomic mass is 16.3. The minimum absolute atomic E-state index is 0.189. The number of fused-ring (bicyclic) bond motifs is 5. The molecule has 3 fully saturated rings. The quantitative estimate of drug-likeness (QED) is 0.511. The fourth-order valence-electron chi connectivity index (χ4n) is 8.69. The summed E-state index contributed by atoms with van der Waals surface area (Å²) in [4.78, 5) is 0. The van der Waals surface area contributed by atoms with Crippen molar-refractivity contribution in [2.45, 2.75) is 104 Å². The average molecular weight is 419 g/mol. The Morgan fingerprint density at radius 3 is 2.50 bits per heavy atom. The maximum absolute atomic E-state index is 11.3. The monoisotopic (exact) mass is 418 g/mol. The summed E-state index contributed by atoms with van der Waals surface area (Å²) < 4.78 is 0. The van der Waals surface area contributed by atoms with Gasteiger partial charge in [-0.05, 0) is 97.7 Å². The lowest BCUT2D eigenvalue weighted by atomic mass is 9.46. The molecule has 10 atom stereocenters. The van der Waals surface area contributed by atoms with Gasteiger partial charge in [0, 0.05) is 6.61 Å². The highest BCUT2D eigenvalue weighted by molar-refractivity contribution is 5.27. The van der Waals surface area contributed by atoms with Crippen LogP contribution in [0, 0.1) is 46.3 Å². The Morgan fingerprint density at radius 1 is 1.00 bits per heavy atom. The molecular formula is C27H46O3. The van der Waals surface area contributed by atoms with Gasteiger partial charge in [0.25, 0.3) is 0 Å². The van der Waals surface area contributed by atoms with E-state index in [1.54, 1.807) is 0 Å². The summed E-state index contributed by atoms with van der Waals surface area (Å²) in [7, 11) is 0. The maximum atomic E-state index is 11.3. The van der Waals surface area contributed by atoms with Crippen LogP contribution in [0.5, 0.6) is 0 Å². The SMILES string of the molecule is CC(CO)CCCC(C)C1CCC2C3C(O)C=C4CC(O)CCC4(C)C3CCC12C. The molecule has 0 radical (unpaired) electrons. The van der Waals surface area contributed by atoms with E-state index in [1.165, 1.54) is 44.1 Å². The number of rotatable bonds is 6. The molecular weight excluding hydrogens is 372 g/mol. The second-order valence-electron chi connectivity index (χ2n) is 12.2. The lowest BCUT2D eigenvalue weighted by Crippen LogP contribution is -2.54. The highest BCUT2D eigenvalue weighted by Gasteiger charge is 2.61. The molecule has 0 aliphatic heterocycles. The van der Waals surface area contributed by atoms with Gasteiger partial charge >= 0.3 is 0 Å². The normalized spacial score (nSPS) is 47.6. The van der Waals surface area contributed by atoms with Crippen molar-refractivity contribution in [2.75, 3.05) is 6.61 Å². The van der Waals surface area contributed by atoms with Crippen molar-refractivity contribution in [1.29, 1.82) is 0 Å². The van der Waals surface area contributed by atoms with Crippen LogP contribution in [-0.2, 0) is 0 Å². The van der Waals surface area contributed by atoms with Crippen LogP contribution < -0.4 is 0 Å². The molecule has 0 aromatic heterocycles. The Morgan fingerprint density at radius 2 is 1.77 bits per heavy atom. The second kappa shape index (κ2) is 8.52. The number of hydrogen-bond acceptors (Lipinski definition) is 3. The number of hydrogen-bond donors (Lipinski definition) is 3. The van der Waals surface area contributed by atoms with Crippen molar-refractivity contribution < 1.29 is 15.3 Å². The van der Waals surface area contributed by atoms with E-state index >= 15 is 0 Å². The number of aliphatic hydroxyl groups is 3. The van der Waals surface area contributed by atoms with E-state index in [-0.39, 0.29) is 17.6 Å². The lowest BCUT2D eigenvalue weighted by molar-refractivity contribution is -0.0971. The van der Waals surface area contributed by atoms with E-state index < -0.39 is 0 Å².